The molecule has 4 unspecified atom stereocenters. The van der Waals surface area contributed by atoms with E-state index in [1.807, 2.05) is 13.8 Å². The molecule has 0 amide bonds. The molecule has 0 bridgehead atoms. The SMILES string of the molecule is C1CCC2C(C1)CCC1CCCCC12.CC. The Morgan fingerprint density at radius 2 is 0.875 bits per heavy atom. The van der Waals surface area contributed by atoms with Crippen LogP contribution in [0, 0.1) is 23.7 Å². The van der Waals surface area contributed by atoms with Crippen LogP contribution in [0.4, 0.5) is 0 Å². The summed E-state index contributed by atoms with van der Waals surface area (Å²) in [6.45, 7) is 4.00. The quantitative estimate of drug-likeness (QED) is 0.513. The van der Waals surface area contributed by atoms with Crippen molar-refractivity contribution in [3.63, 3.8) is 0 Å². The Kier molecular flexibility index (Phi) is 4.73. The van der Waals surface area contributed by atoms with Gasteiger partial charge < -0.3 is 0 Å². The Balaban J connectivity index is 0.000000457. The van der Waals surface area contributed by atoms with Gasteiger partial charge in [0.2, 0.25) is 0 Å². The highest BCUT2D eigenvalue weighted by atomic mass is 14.5. The van der Waals surface area contributed by atoms with Gasteiger partial charge in [0.1, 0.15) is 0 Å². The second kappa shape index (κ2) is 6.07. The first-order valence-electron chi connectivity index (χ1n) is 7.95. The summed E-state index contributed by atoms with van der Waals surface area (Å²) in [4.78, 5) is 0. The number of hydrogen-bond donors (Lipinski definition) is 0. The van der Waals surface area contributed by atoms with Crippen molar-refractivity contribution >= 4 is 0 Å². The molecule has 3 aliphatic carbocycles. The predicted octanol–water partition coefficient (Wildman–Crippen LogP) is 5.42. The van der Waals surface area contributed by atoms with Crippen molar-refractivity contribution in [2.45, 2.75) is 78.1 Å². The second-order valence-corrected chi connectivity index (χ2v) is 5.99. The van der Waals surface area contributed by atoms with E-state index < -0.39 is 0 Å². The summed E-state index contributed by atoms with van der Waals surface area (Å²) in [5.41, 5.74) is 0. The average Bonchev–Trinajstić information content (AvgIpc) is 2.41. The lowest BCUT2D eigenvalue weighted by Gasteiger charge is -2.48. The molecule has 0 spiro atoms. The minimum absolute atomic E-state index is 1.16. The Hall–Kier alpha value is 0. The monoisotopic (exact) mass is 222 g/mol. The number of hydrogen-bond acceptors (Lipinski definition) is 0. The van der Waals surface area contributed by atoms with Crippen LogP contribution in [-0.2, 0) is 0 Å². The van der Waals surface area contributed by atoms with Gasteiger partial charge in [-0.1, -0.05) is 52.4 Å². The van der Waals surface area contributed by atoms with Crippen molar-refractivity contribution in [3.05, 3.63) is 0 Å². The van der Waals surface area contributed by atoms with Crippen LogP contribution in [0.3, 0.4) is 0 Å². The minimum atomic E-state index is 1.16. The lowest BCUT2D eigenvalue weighted by atomic mass is 9.58. The first-order valence-corrected chi connectivity index (χ1v) is 7.95. The van der Waals surface area contributed by atoms with Crippen molar-refractivity contribution in [2.75, 3.05) is 0 Å². The Morgan fingerprint density at radius 1 is 0.500 bits per heavy atom. The summed E-state index contributed by atoms with van der Waals surface area (Å²) < 4.78 is 0. The molecule has 3 fully saturated rings. The summed E-state index contributed by atoms with van der Waals surface area (Å²) in [6, 6.07) is 0. The van der Waals surface area contributed by atoms with Crippen LogP contribution >= 0.6 is 0 Å². The molecule has 0 aromatic rings. The fourth-order valence-electron chi connectivity index (χ4n) is 4.74. The van der Waals surface area contributed by atoms with E-state index in [1.54, 1.807) is 64.2 Å². The highest BCUT2D eigenvalue weighted by Gasteiger charge is 2.40. The molecule has 16 heavy (non-hydrogen) atoms. The lowest BCUT2D eigenvalue weighted by molar-refractivity contribution is 0.0278. The zero-order valence-corrected chi connectivity index (χ0v) is 11.4. The fourth-order valence-corrected chi connectivity index (χ4v) is 4.74. The highest BCUT2D eigenvalue weighted by molar-refractivity contribution is 4.91. The summed E-state index contributed by atoms with van der Waals surface area (Å²) in [7, 11) is 0. The first-order chi connectivity index (χ1) is 7.95. The van der Waals surface area contributed by atoms with Gasteiger partial charge in [-0.25, -0.2) is 0 Å². The Bertz CT molecular complexity index is 174. The molecule has 0 heteroatoms. The molecule has 0 radical (unpaired) electrons. The van der Waals surface area contributed by atoms with Crippen LogP contribution in [0.5, 0.6) is 0 Å². The summed E-state index contributed by atoms with van der Waals surface area (Å²) in [6.07, 6.45) is 15.7. The van der Waals surface area contributed by atoms with Gasteiger partial charge in [0.25, 0.3) is 0 Å². The average molecular weight is 222 g/mol. The third kappa shape index (κ3) is 2.46. The number of fused-ring (bicyclic) bond motifs is 3. The van der Waals surface area contributed by atoms with E-state index in [1.165, 1.54) is 11.8 Å². The van der Waals surface area contributed by atoms with Gasteiger partial charge in [0, 0.05) is 0 Å². The third-order valence-corrected chi connectivity index (χ3v) is 5.39. The van der Waals surface area contributed by atoms with E-state index in [4.69, 9.17) is 0 Å². The topological polar surface area (TPSA) is 0 Å². The lowest BCUT2D eigenvalue weighted by Crippen LogP contribution is -2.38. The van der Waals surface area contributed by atoms with Crippen molar-refractivity contribution in [1.82, 2.24) is 0 Å². The minimum Gasteiger partial charge on any atom is -0.0683 e. The van der Waals surface area contributed by atoms with Crippen LogP contribution in [0.2, 0.25) is 0 Å². The molecule has 0 aliphatic heterocycles. The van der Waals surface area contributed by atoms with Gasteiger partial charge in [0.15, 0.2) is 0 Å². The zero-order valence-electron chi connectivity index (χ0n) is 11.4. The van der Waals surface area contributed by atoms with Gasteiger partial charge in [-0.2, -0.15) is 0 Å². The zero-order chi connectivity index (χ0) is 11.4. The fraction of sp³-hybridized carbons (Fsp3) is 1.00. The molecule has 4 atom stereocenters. The normalized spacial score (nSPS) is 42.4. The Labute approximate surface area is 102 Å². The van der Waals surface area contributed by atoms with Crippen molar-refractivity contribution in [1.29, 1.82) is 0 Å². The van der Waals surface area contributed by atoms with Gasteiger partial charge >= 0.3 is 0 Å². The Morgan fingerprint density at radius 3 is 1.31 bits per heavy atom. The van der Waals surface area contributed by atoms with Crippen LogP contribution in [0.15, 0.2) is 0 Å². The van der Waals surface area contributed by atoms with Crippen LogP contribution in [0.25, 0.3) is 0 Å². The van der Waals surface area contributed by atoms with Crippen LogP contribution in [-0.4, -0.2) is 0 Å². The molecular formula is C16H30. The molecule has 0 aromatic carbocycles. The molecule has 3 saturated carbocycles. The molecule has 3 rings (SSSR count). The second-order valence-electron chi connectivity index (χ2n) is 5.99. The molecular weight excluding hydrogens is 192 g/mol. The van der Waals surface area contributed by atoms with Gasteiger partial charge in [-0.05, 0) is 49.4 Å². The number of rotatable bonds is 0. The van der Waals surface area contributed by atoms with Crippen LogP contribution < -0.4 is 0 Å². The van der Waals surface area contributed by atoms with Crippen LogP contribution in [0.1, 0.15) is 78.1 Å². The van der Waals surface area contributed by atoms with E-state index in [0.29, 0.717) is 0 Å². The van der Waals surface area contributed by atoms with Crippen molar-refractivity contribution in [3.8, 4) is 0 Å². The van der Waals surface area contributed by atoms with E-state index >= 15 is 0 Å². The first kappa shape index (κ1) is 12.5. The molecule has 0 saturated heterocycles. The van der Waals surface area contributed by atoms with E-state index in [2.05, 4.69) is 0 Å². The van der Waals surface area contributed by atoms with E-state index in [9.17, 15) is 0 Å². The molecule has 0 heterocycles. The molecule has 94 valence electrons. The molecule has 0 nitrogen and oxygen atoms in total. The standard InChI is InChI=1S/C14H24.C2H6/c1-3-7-13-11(5-1)9-10-12-6-2-4-8-14(12)13;1-2/h11-14H,1-10H2;1-2H3. The summed E-state index contributed by atoms with van der Waals surface area (Å²) in [5.74, 6) is 4.65. The molecule has 0 N–H and O–H groups in total. The summed E-state index contributed by atoms with van der Waals surface area (Å²) in [5, 5.41) is 0. The molecule has 0 aromatic heterocycles. The molecule has 3 aliphatic rings. The smallest absolute Gasteiger partial charge is 0.0355 e. The highest BCUT2D eigenvalue weighted by Crippen LogP contribution is 2.51. The van der Waals surface area contributed by atoms with E-state index in [0.717, 1.165) is 11.8 Å². The van der Waals surface area contributed by atoms with Crippen molar-refractivity contribution < 1.29 is 0 Å². The maximum atomic E-state index is 2.00. The largest absolute Gasteiger partial charge is 0.0683 e. The van der Waals surface area contributed by atoms with E-state index in [-0.39, 0.29) is 0 Å². The van der Waals surface area contributed by atoms with Gasteiger partial charge in [-0.15, -0.1) is 0 Å². The third-order valence-electron chi connectivity index (χ3n) is 5.39. The predicted molar refractivity (Wildman–Crippen MR) is 71.5 cm³/mol. The summed E-state index contributed by atoms with van der Waals surface area (Å²) >= 11 is 0. The maximum Gasteiger partial charge on any atom is -0.0355 e. The van der Waals surface area contributed by atoms with Gasteiger partial charge in [0.05, 0.1) is 0 Å². The van der Waals surface area contributed by atoms with Crippen molar-refractivity contribution in [2.24, 2.45) is 23.7 Å². The maximum absolute atomic E-state index is 2.00. The van der Waals surface area contributed by atoms with Gasteiger partial charge in [-0.3, -0.25) is 0 Å².